The van der Waals surface area contributed by atoms with Crippen LogP contribution in [-0.2, 0) is 14.3 Å². The zero-order valence-corrected chi connectivity index (χ0v) is 20.8. The maximum atomic E-state index is 15.4. The van der Waals surface area contributed by atoms with Gasteiger partial charge in [-0.25, -0.2) is 4.39 Å². The number of unbranched alkanes of at least 4 members (excludes halogenated alkanes) is 1. The second kappa shape index (κ2) is 11.6. The predicted molar refractivity (Wildman–Crippen MR) is 123 cm³/mol. The van der Waals surface area contributed by atoms with Gasteiger partial charge in [0.15, 0.2) is 0 Å². The van der Waals surface area contributed by atoms with Gasteiger partial charge in [-0.05, 0) is 24.7 Å². The monoisotopic (exact) mass is 540 g/mol. The average Bonchev–Trinajstić information content (AvgIpc) is 3.19. The summed E-state index contributed by atoms with van der Waals surface area (Å²) in [5, 5.41) is 21.1. The summed E-state index contributed by atoms with van der Waals surface area (Å²) in [7, 11) is 1.36. The molecule has 0 aromatic rings. The molecule has 1 saturated heterocycles. The van der Waals surface area contributed by atoms with Gasteiger partial charge in [-0.2, -0.15) is 0 Å². The van der Waals surface area contributed by atoms with E-state index >= 15 is 4.39 Å². The van der Waals surface area contributed by atoms with Crippen molar-refractivity contribution in [2.75, 3.05) is 7.11 Å². The van der Waals surface area contributed by atoms with E-state index in [1.807, 2.05) is 19.9 Å². The SMILES string of the molecule is CCCCC(C)(C)[C@H](O)C=C[C@@H]1[C@H]2[C@H](F)C(C(I)CCCC(=O)OC)O[C@@H]2C[C@H]1O. The highest BCUT2D eigenvalue weighted by Gasteiger charge is 2.56. The van der Waals surface area contributed by atoms with E-state index in [0.29, 0.717) is 25.7 Å². The lowest BCUT2D eigenvalue weighted by Gasteiger charge is -2.29. The van der Waals surface area contributed by atoms with E-state index < -0.39 is 30.4 Å². The van der Waals surface area contributed by atoms with Gasteiger partial charge in [-0.1, -0.05) is 68.4 Å². The van der Waals surface area contributed by atoms with E-state index in [1.54, 1.807) is 6.08 Å². The molecule has 0 amide bonds. The quantitative estimate of drug-likeness (QED) is 0.176. The van der Waals surface area contributed by atoms with Gasteiger partial charge < -0.3 is 19.7 Å². The van der Waals surface area contributed by atoms with E-state index in [1.165, 1.54) is 7.11 Å². The number of hydrogen-bond acceptors (Lipinski definition) is 5. The molecule has 5 nitrogen and oxygen atoms in total. The van der Waals surface area contributed by atoms with Gasteiger partial charge in [0, 0.05) is 28.6 Å². The second-order valence-electron chi connectivity index (χ2n) is 9.45. The van der Waals surface area contributed by atoms with E-state index in [4.69, 9.17) is 4.74 Å². The number of esters is 1. The van der Waals surface area contributed by atoms with Crippen molar-refractivity contribution in [2.45, 2.75) is 100 Å². The van der Waals surface area contributed by atoms with Crippen molar-refractivity contribution in [1.82, 2.24) is 0 Å². The number of rotatable bonds is 11. The molecule has 0 aromatic carbocycles. The van der Waals surface area contributed by atoms with Crippen LogP contribution in [0.1, 0.15) is 65.7 Å². The van der Waals surface area contributed by atoms with Gasteiger partial charge >= 0.3 is 5.97 Å². The fourth-order valence-electron chi connectivity index (χ4n) is 4.64. The Labute approximate surface area is 193 Å². The van der Waals surface area contributed by atoms with Crippen LogP contribution < -0.4 is 0 Å². The van der Waals surface area contributed by atoms with E-state index in [-0.39, 0.29) is 27.3 Å². The number of hydrogen-bond donors (Lipinski definition) is 2. The summed E-state index contributed by atoms with van der Waals surface area (Å²) in [5.74, 6) is -1.01. The second-order valence-corrected chi connectivity index (χ2v) is 11.0. The van der Waals surface area contributed by atoms with Crippen molar-refractivity contribution in [2.24, 2.45) is 17.3 Å². The molecule has 0 radical (unpaired) electrons. The third-order valence-corrected chi connectivity index (χ3v) is 8.07. The summed E-state index contributed by atoms with van der Waals surface area (Å²) < 4.78 is 26.0. The zero-order valence-electron chi connectivity index (χ0n) is 18.6. The van der Waals surface area contributed by atoms with Crippen molar-refractivity contribution in [3.8, 4) is 0 Å². The first-order chi connectivity index (χ1) is 14.1. The molecule has 2 unspecified atom stereocenters. The summed E-state index contributed by atoms with van der Waals surface area (Å²) >= 11 is 2.21. The van der Waals surface area contributed by atoms with Crippen LogP contribution in [0, 0.1) is 17.3 Å². The Morgan fingerprint density at radius 2 is 2.10 bits per heavy atom. The minimum Gasteiger partial charge on any atom is -0.469 e. The molecule has 2 aliphatic rings. The number of ether oxygens (including phenoxy) is 2. The smallest absolute Gasteiger partial charge is 0.305 e. The van der Waals surface area contributed by atoms with Gasteiger partial charge in [0.2, 0.25) is 0 Å². The lowest BCUT2D eigenvalue weighted by atomic mass is 9.80. The molecule has 7 heteroatoms. The van der Waals surface area contributed by atoms with E-state index in [2.05, 4.69) is 34.3 Å². The summed E-state index contributed by atoms with van der Waals surface area (Å²) in [5.41, 5.74) is -0.258. The van der Waals surface area contributed by atoms with Gasteiger partial charge in [-0.15, -0.1) is 0 Å². The first kappa shape index (κ1) is 26.0. The first-order valence-corrected chi connectivity index (χ1v) is 12.4. The predicted octanol–water partition coefficient (Wildman–Crippen LogP) is 4.37. The van der Waals surface area contributed by atoms with Gasteiger partial charge in [0.1, 0.15) is 12.3 Å². The summed E-state index contributed by atoms with van der Waals surface area (Å²) in [4.78, 5) is 11.3. The van der Waals surface area contributed by atoms with Crippen LogP contribution in [0.5, 0.6) is 0 Å². The maximum Gasteiger partial charge on any atom is 0.305 e. The van der Waals surface area contributed by atoms with Crippen LogP contribution in [0.25, 0.3) is 0 Å². The molecule has 2 N–H and O–H groups in total. The van der Waals surface area contributed by atoms with Crippen molar-refractivity contribution >= 4 is 28.6 Å². The van der Waals surface area contributed by atoms with Crippen LogP contribution >= 0.6 is 22.6 Å². The highest BCUT2D eigenvalue weighted by molar-refractivity contribution is 14.1. The molecule has 1 heterocycles. The normalized spacial score (nSPS) is 33.6. The van der Waals surface area contributed by atoms with Crippen molar-refractivity contribution in [1.29, 1.82) is 0 Å². The van der Waals surface area contributed by atoms with Crippen LogP contribution in [-0.4, -0.2) is 57.8 Å². The third-order valence-electron chi connectivity index (χ3n) is 6.74. The van der Waals surface area contributed by atoms with Crippen molar-refractivity contribution in [3.05, 3.63) is 12.2 Å². The zero-order chi connectivity index (χ0) is 22.5. The number of carbonyl (C=O) groups is 1. The Hall–Kier alpha value is -0.250. The van der Waals surface area contributed by atoms with Crippen LogP contribution in [0.4, 0.5) is 4.39 Å². The minimum atomic E-state index is -1.17. The Kier molecular flexibility index (Phi) is 10.0. The minimum absolute atomic E-state index is 0.0480. The molecule has 1 aliphatic carbocycles. The van der Waals surface area contributed by atoms with Crippen molar-refractivity contribution in [3.63, 3.8) is 0 Å². The number of aliphatic hydroxyl groups excluding tert-OH is 2. The molecule has 2 rings (SSSR count). The number of methoxy groups -OCH3 is 1. The molecule has 8 atom stereocenters. The maximum absolute atomic E-state index is 15.4. The van der Waals surface area contributed by atoms with Crippen LogP contribution in [0.2, 0.25) is 0 Å². The Bertz CT molecular complexity index is 584. The highest BCUT2D eigenvalue weighted by Crippen LogP contribution is 2.48. The highest BCUT2D eigenvalue weighted by atomic mass is 127. The largest absolute Gasteiger partial charge is 0.469 e. The van der Waals surface area contributed by atoms with Gasteiger partial charge in [0.05, 0.1) is 25.4 Å². The molecule has 0 bridgehead atoms. The topological polar surface area (TPSA) is 76.0 Å². The molecule has 1 saturated carbocycles. The summed E-state index contributed by atoms with van der Waals surface area (Å²) in [6, 6.07) is 0. The number of fused-ring (bicyclic) bond motifs is 1. The molecule has 1 aliphatic heterocycles. The fourth-order valence-corrected chi connectivity index (χ4v) is 5.65. The number of carbonyl (C=O) groups excluding carboxylic acids is 1. The Balaban J connectivity index is 1.97. The number of alkyl halides is 2. The van der Waals surface area contributed by atoms with Crippen LogP contribution in [0.3, 0.4) is 0 Å². The van der Waals surface area contributed by atoms with Crippen molar-refractivity contribution < 1.29 is 28.9 Å². The Morgan fingerprint density at radius 1 is 1.40 bits per heavy atom. The van der Waals surface area contributed by atoms with E-state index in [0.717, 1.165) is 19.3 Å². The third kappa shape index (κ3) is 6.39. The molecule has 30 heavy (non-hydrogen) atoms. The Morgan fingerprint density at radius 3 is 2.73 bits per heavy atom. The lowest BCUT2D eigenvalue weighted by Crippen LogP contribution is -2.34. The molecule has 0 aromatic heterocycles. The molecule has 2 fully saturated rings. The lowest BCUT2D eigenvalue weighted by molar-refractivity contribution is -0.140. The number of aliphatic hydroxyl groups is 2. The van der Waals surface area contributed by atoms with Gasteiger partial charge in [0.25, 0.3) is 0 Å². The molecule has 0 spiro atoms. The average molecular weight is 540 g/mol. The first-order valence-electron chi connectivity index (χ1n) is 11.2. The summed E-state index contributed by atoms with van der Waals surface area (Å²) in [6.45, 7) is 6.20. The number of halogens is 2. The van der Waals surface area contributed by atoms with Gasteiger partial charge in [-0.3, -0.25) is 4.79 Å². The summed E-state index contributed by atoms with van der Waals surface area (Å²) in [6.07, 6.45) is 5.31. The van der Waals surface area contributed by atoms with E-state index in [9.17, 15) is 15.0 Å². The molecular formula is C23H38FIO5. The fraction of sp³-hybridized carbons (Fsp3) is 0.870. The standard InChI is InChI=1S/C23H38FIO5/c1-5-6-12-23(2,3)18(27)11-10-14-16(26)13-17-20(14)21(24)22(30-17)15(25)8-7-9-19(28)29-4/h10-11,14-18,20-22,26-27H,5-9,12-13H2,1-4H3/t14-,15?,16+,17+,18+,20+,21-,22?/m0/s1. The molecular weight excluding hydrogens is 502 g/mol. The molecule has 174 valence electrons. The van der Waals surface area contributed by atoms with Crippen LogP contribution in [0.15, 0.2) is 12.2 Å².